The number of nitrogens with two attached hydrogens (primary N) is 1. The van der Waals surface area contributed by atoms with E-state index >= 15 is 0 Å². The van der Waals surface area contributed by atoms with Gasteiger partial charge in [-0.15, -0.1) is 0 Å². The Morgan fingerprint density at radius 3 is 2.62 bits per heavy atom. The second kappa shape index (κ2) is 4.76. The zero-order chi connectivity index (χ0) is 11.5. The fourth-order valence-corrected chi connectivity index (χ4v) is 1.98. The number of carbonyl (C=O) groups excluding carboxylic acids is 1. The van der Waals surface area contributed by atoms with Crippen LogP contribution in [0.5, 0.6) is 0 Å². The topological polar surface area (TPSA) is 52.3 Å². The van der Waals surface area contributed by atoms with Gasteiger partial charge in [-0.25, -0.2) is 0 Å². The lowest BCUT2D eigenvalue weighted by atomic mass is 10.0. The van der Waals surface area contributed by atoms with Crippen molar-refractivity contribution in [1.82, 2.24) is 0 Å². The van der Waals surface area contributed by atoms with Crippen LogP contribution in [0.4, 0.5) is 0 Å². The molecule has 2 atom stereocenters. The molecule has 3 nitrogen and oxygen atoms in total. The van der Waals surface area contributed by atoms with Crippen molar-refractivity contribution in [2.24, 2.45) is 5.73 Å². The van der Waals surface area contributed by atoms with Crippen LogP contribution < -0.4 is 5.73 Å². The highest BCUT2D eigenvalue weighted by Gasteiger charge is 2.30. The Balaban J connectivity index is 2.05. The summed E-state index contributed by atoms with van der Waals surface area (Å²) in [6.45, 7) is 2.50. The first-order chi connectivity index (χ1) is 7.70. The van der Waals surface area contributed by atoms with Crippen molar-refractivity contribution in [1.29, 1.82) is 0 Å². The molecule has 1 aliphatic rings. The van der Waals surface area contributed by atoms with E-state index in [0.29, 0.717) is 6.54 Å². The predicted molar refractivity (Wildman–Crippen MR) is 62.5 cm³/mol. The molecule has 86 valence electrons. The van der Waals surface area contributed by atoms with Crippen LogP contribution in [0.1, 0.15) is 28.8 Å². The maximum absolute atomic E-state index is 12.1. The van der Waals surface area contributed by atoms with Gasteiger partial charge in [0.15, 0.2) is 5.78 Å². The van der Waals surface area contributed by atoms with Crippen molar-refractivity contribution >= 4 is 5.78 Å². The van der Waals surface area contributed by atoms with Gasteiger partial charge in [0.2, 0.25) is 0 Å². The molecule has 1 aromatic rings. The molecule has 2 rings (SSSR count). The summed E-state index contributed by atoms with van der Waals surface area (Å²) in [7, 11) is 0. The number of ketones is 1. The lowest BCUT2D eigenvalue weighted by Gasteiger charge is -2.11. The van der Waals surface area contributed by atoms with E-state index in [0.717, 1.165) is 24.0 Å². The highest BCUT2D eigenvalue weighted by atomic mass is 16.5. The second-order valence-corrected chi connectivity index (χ2v) is 4.29. The highest BCUT2D eigenvalue weighted by molar-refractivity contribution is 5.99. The first-order valence-electron chi connectivity index (χ1n) is 5.67. The van der Waals surface area contributed by atoms with E-state index in [1.54, 1.807) is 0 Å². The molecule has 0 saturated carbocycles. The average Bonchev–Trinajstić information content (AvgIpc) is 2.77. The summed E-state index contributed by atoms with van der Waals surface area (Å²) in [5.41, 5.74) is 7.40. The number of aryl methyl sites for hydroxylation is 1. The third-order valence-corrected chi connectivity index (χ3v) is 3.00. The molecule has 1 saturated heterocycles. The van der Waals surface area contributed by atoms with Crippen LogP contribution in [0.2, 0.25) is 0 Å². The molecule has 0 amide bonds. The molecule has 16 heavy (non-hydrogen) atoms. The van der Waals surface area contributed by atoms with Crippen molar-refractivity contribution in [2.75, 3.05) is 6.54 Å². The van der Waals surface area contributed by atoms with E-state index < -0.39 is 0 Å². The van der Waals surface area contributed by atoms with E-state index in [9.17, 15) is 4.79 Å². The first-order valence-corrected chi connectivity index (χ1v) is 5.67. The van der Waals surface area contributed by atoms with Crippen molar-refractivity contribution in [3.8, 4) is 0 Å². The van der Waals surface area contributed by atoms with E-state index in [1.165, 1.54) is 0 Å². The third kappa shape index (κ3) is 2.31. The molecule has 0 bridgehead atoms. The minimum absolute atomic E-state index is 0.0550. The maximum Gasteiger partial charge on any atom is 0.191 e. The Morgan fingerprint density at radius 1 is 1.38 bits per heavy atom. The Labute approximate surface area is 95.6 Å². The molecule has 1 heterocycles. The minimum atomic E-state index is -0.295. The quantitative estimate of drug-likeness (QED) is 0.787. The van der Waals surface area contributed by atoms with Gasteiger partial charge in [-0.3, -0.25) is 4.79 Å². The SMILES string of the molecule is Cc1ccc(C(=O)C2CCC(CN)O2)cc1. The smallest absolute Gasteiger partial charge is 0.191 e. The van der Waals surface area contributed by atoms with Gasteiger partial charge in [-0.05, 0) is 19.8 Å². The van der Waals surface area contributed by atoms with Crippen molar-refractivity contribution < 1.29 is 9.53 Å². The van der Waals surface area contributed by atoms with Gasteiger partial charge in [0.05, 0.1) is 6.10 Å². The van der Waals surface area contributed by atoms with Crippen molar-refractivity contribution in [3.05, 3.63) is 35.4 Å². The molecule has 2 N–H and O–H groups in total. The Kier molecular flexibility index (Phi) is 3.36. The van der Waals surface area contributed by atoms with E-state index in [1.807, 2.05) is 31.2 Å². The summed E-state index contributed by atoms with van der Waals surface area (Å²) >= 11 is 0. The molecule has 1 fully saturated rings. The summed E-state index contributed by atoms with van der Waals surface area (Å²) in [5.74, 6) is 0.0796. The summed E-state index contributed by atoms with van der Waals surface area (Å²) in [6, 6.07) is 7.61. The standard InChI is InChI=1S/C13H17NO2/c1-9-2-4-10(5-3-9)13(15)12-7-6-11(8-14)16-12/h2-5,11-12H,6-8,14H2,1H3. The number of hydrogen-bond acceptors (Lipinski definition) is 3. The Hall–Kier alpha value is -1.19. The van der Waals surface area contributed by atoms with Gasteiger partial charge in [0.25, 0.3) is 0 Å². The number of hydrogen-bond donors (Lipinski definition) is 1. The van der Waals surface area contributed by atoms with Gasteiger partial charge in [0.1, 0.15) is 6.10 Å². The molecule has 0 aliphatic carbocycles. The average molecular weight is 219 g/mol. The van der Waals surface area contributed by atoms with Gasteiger partial charge in [-0.1, -0.05) is 29.8 Å². The summed E-state index contributed by atoms with van der Waals surface area (Å²) < 4.78 is 5.58. The first kappa shape index (κ1) is 11.3. The largest absolute Gasteiger partial charge is 0.366 e. The zero-order valence-corrected chi connectivity index (χ0v) is 9.48. The predicted octanol–water partition coefficient (Wildman–Crippen LogP) is 1.68. The molecule has 0 spiro atoms. The lowest BCUT2D eigenvalue weighted by Crippen LogP contribution is -2.25. The number of carbonyl (C=O) groups is 1. The van der Waals surface area contributed by atoms with Crippen LogP contribution >= 0.6 is 0 Å². The van der Waals surface area contributed by atoms with Crippen LogP contribution in [0.3, 0.4) is 0 Å². The molecule has 1 aliphatic heterocycles. The molecule has 0 radical (unpaired) electrons. The van der Waals surface area contributed by atoms with E-state index in [4.69, 9.17) is 10.5 Å². The van der Waals surface area contributed by atoms with Crippen LogP contribution in [0.25, 0.3) is 0 Å². The van der Waals surface area contributed by atoms with Crippen LogP contribution in [0.15, 0.2) is 24.3 Å². The summed E-state index contributed by atoms with van der Waals surface area (Å²) in [6.07, 6.45) is 1.43. The van der Waals surface area contributed by atoms with E-state index in [-0.39, 0.29) is 18.0 Å². The minimum Gasteiger partial charge on any atom is -0.366 e. The number of benzene rings is 1. The summed E-state index contributed by atoms with van der Waals surface area (Å²) in [5, 5.41) is 0. The number of ether oxygens (including phenoxy) is 1. The second-order valence-electron chi connectivity index (χ2n) is 4.29. The van der Waals surface area contributed by atoms with Gasteiger partial charge in [0, 0.05) is 12.1 Å². The maximum atomic E-state index is 12.1. The normalized spacial score (nSPS) is 24.6. The molecule has 0 aromatic heterocycles. The monoisotopic (exact) mass is 219 g/mol. The molecular formula is C13H17NO2. The van der Waals surface area contributed by atoms with Gasteiger partial charge < -0.3 is 10.5 Å². The highest BCUT2D eigenvalue weighted by Crippen LogP contribution is 2.22. The Bertz CT molecular complexity index is 372. The number of Topliss-reactive ketones (excluding diaryl/α,β-unsaturated/α-hetero) is 1. The fraction of sp³-hybridized carbons (Fsp3) is 0.462. The summed E-state index contributed by atoms with van der Waals surface area (Å²) in [4.78, 5) is 12.1. The Morgan fingerprint density at radius 2 is 2.06 bits per heavy atom. The van der Waals surface area contributed by atoms with Crippen LogP contribution in [-0.4, -0.2) is 24.5 Å². The lowest BCUT2D eigenvalue weighted by molar-refractivity contribution is 0.0404. The molecule has 2 unspecified atom stereocenters. The third-order valence-electron chi connectivity index (χ3n) is 3.00. The van der Waals surface area contributed by atoms with Gasteiger partial charge >= 0.3 is 0 Å². The van der Waals surface area contributed by atoms with Crippen LogP contribution in [-0.2, 0) is 4.74 Å². The fourth-order valence-electron chi connectivity index (χ4n) is 1.98. The molecule has 1 aromatic carbocycles. The van der Waals surface area contributed by atoms with Gasteiger partial charge in [-0.2, -0.15) is 0 Å². The molecular weight excluding hydrogens is 202 g/mol. The van der Waals surface area contributed by atoms with Crippen molar-refractivity contribution in [3.63, 3.8) is 0 Å². The molecule has 3 heteroatoms. The van der Waals surface area contributed by atoms with Crippen molar-refractivity contribution in [2.45, 2.75) is 32.0 Å². The number of rotatable bonds is 3. The zero-order valence-electron chi connectivity index (χ0n) is 9.48. The van der Waals surface area contributed by atoms with Crippen LogP contribution in [0, 0.1) is 6.92 Å². The van der Waals surface area contributed by atoms with E-state index in [2.05, 4.69) is 0 Å².